The van der Waals surface area contributed by atoms with Gasteiger partial charge in [-0.1, -0.05) is 24.3 Å². The Bertz CT molecular complexity index is 692. The van der Waals surface area contributed by atoms with Crippen molar-refractivity contribution in [3.63, 3.8) is 0 Å². The molecule has 1 aliphatic carbocycles. The van der Waals surface area contributed by atoms with Crippen LogP contribution in [0, 0.1) is 0 Å². The maximum absolute atomic E-state index is 12.9. The number of hydrogen-bond donors (Lipinski definition) is 2. The quantitative estimate of drug-likeness (QED) is 0.813. The minimum absolute atomic E-state index is 0.0753. The molecule has 0 aromatic heterocycles. The smallest absolute Gasteiger partial charge is 0.243 e. The van der Waals surface area contributed by atoms with E-state index in [2.05, 4.69) is 4.72 Å². The highest BCUT2D eigenvalue weighted by molar-refractivity contribution is 7.88. The maximum atomic E-state index is 12.9. The lowest BCUT2D eigenvalue weighted by molar-refractivity contribution is -0.138. The van der Waals surface area contributed by atoms with Crippen molar-refractivity contribution >= 4 is 15.9 Å². The van der Waals surface area contributed by atoms with E-state index in [1.807, 2.05) is 24.3 Å². The number of carbonyl (C=O) groups excluding carboxylic acids is 1. The van der Waals surface area contributed by atoms with Gasteiger partial charge in [-0.15, -0.1) is 0 Å². The third-order valence-corrected chi connectivity index (χ3v) is 5.41. The van der Waals surface area contributed by atoms with Crippen molar-refractivity contribution in [2.45, 2.75) is 37.3 Å². The van der Waals surface area contributed by atoms with Crippen LogP contribution in [0.5, 0.6) is 0 Å². The van der Waals surface area contributed by atoms with Gasteiger partial charge in [0.2, 0.25) is 15.9 Å². The maximum Gasteiger partial charge on any atom is 0.243 e. The lowest BCUT2D eigenvalue weighted by Crippen LogP contribution is -2.60. The highest BCUT2D eigenvalue weighted by atomic mass is 32.2. The molecular formula is C16H23N3O3S. The summed E-state index contributed by atoms with van der Waals surface area (Å²) in [6, 6.07) is 7.72. The molecule has 126 valence electrons. The van der Waals surface area contributed by atoms with E-state index in [1.165, 1.54) is 0 Å². The van der Waals surface area contributed by atoms with Gasteiger partial charge in [-0.25, -0.2) is 13.1 Å². The van der Waals surface area contributed by atoms with Crippen LogP contribution < -0.4 is 10.5 Å². The molecule has 0 unspecified atom stereocenters. The molecular weight excluding hydrogens is 314 g/mol. The second-order valence-electron chi connectivity index (χ2n) is 6.76. The Balaban J connectivity index is 1.71. The van der Waals surface area contributed by atoms with Gasteiger partial charge in [0, 0.05) is 19.1 Å². The number of sulfonamides is 1. The largest absolute Gasteiger partial charge is 0.339 e. The summed E-state index contributed by atoms with van der Waals surface area (Å²) >= 11 is 0. The third kappa shape index (κ3) is 3.57. The highest BCUT2D eigenvalue weighted by Gasteiger charge is 2.43. The van der Waals surface area contributed by atoms with Crippen LogP contribution in [0.2, 0.25) is 0 Å². The van der Waals surface area contributed by atoms with Crippen LogP contribution in [0.4, 0.5) is 0 Å². The van der Waals surface area contributed by atoms with Crippen LogP contribution in [0.25, 0.3) is 0 Å². The van der Waals surface area contributed by atoms with E-state index >= 15 is 0 Å². The molecule has 1 fully saturated rings. The summed E-state index contributed by atoms with van der Waals surface area (Å²) in [5.74, 6) is -0.0753. The summed E-state index contributed by atoms with van der Waals surface area (Å²) in [7, 11) is -3.27. The summed E-state index contributed by atoms with van der Waals surface area (Å²) < 4.78 is 25.4. The van der Waals surface area contributed by atoms with Gasteiger partial charge in [-0.05, 0) is 36.8 Å². The molecule has 7 heteroatoms. The van der Waals surface area contributed by atoms with Crippen molar-refractivity contribution < 1.29 is 13.2 Å². The summed E-state index contributed by atoms with van der Waals surface area (Å²) in [5, 5.41) is 0. The average molecular weight is 337 g/mol. The first-order valence-corrected chi connectivity index (χ1v) is 9.78. The molecule has 1 aliphatic heterocycles. The molecule has 1 aromatic rings. The van der Waals surface area contributed by atoms with E-state index in [9.17, 15) is 13.2 Å². The Morgan fingerprint density at radius 2 is 1.91 bits per heavy atom. The second-order valence-corrected chi connectivity index (χ2v) is 8.54. The summed E-state index contributed by atoms with van der Waals surface area (Å²) in [6.07, 6.45) is 3.76. The van der Waals surface area contributed by atoms with Gasteiger partial charge in [0.25, 0.3) is 0 Å². The lowest BCUT2D eigenvalue weighted by Gasteiger charge is -2.37. The molecule has 0 saturated carbocycles. The molecule has 23 heavy (non-hydrogen) atoms. The van der Waals surface area contributed by atoms with E-state index in [0.717, 1.165) is 30.2 Å². The molecule has 1 heterocycles. The number of carbonyl (C=O) groups is 1. The van der Waals surface area contributed by atoms with Gasteiger partial charge in [0.1, 0.15) is 5.54 Å². The fourth-order valence-electron chi connectivity index (χ4n) is 3.67. The molecule has 2 aliphatic rings. The molecule has 1 saturated heterocycles. The third-order valence-electron chi connectivity index (χ3n) is 4.65. The zero-order valence-electron chi connectivity index (χ0n) is 13.3. The van der Waals surface area contributed by atoms with Crippen LogP contribution in [0.1, 0.15) is 24.0 Å². The Labute approximate surface area is 137 Å². The van der Waals surface area contributed by atoms with Crippen LogP contribution in [-0.4, -0.2) is 50.2 Å². The van der Waals surface area contributed by atoms with E-state index in [4.69, 9.17) is 5.73 Å². The molecule has 1 aromatic carbocycles. The zero-order chi connectivity index (χ0) is 16.7. The van der Waals surface area contributed by atoms with Gasteiger partial charge in [-0.2, -0.15) is 0 Å². The minimum atomic E-state index is -3.27. The Morgan fingerprint density at radius 3 is 2.48 bits per heavy atom. The number of likely N-dealkylation sites (tertiary alicyclic amines) is 1. The number of benzene rings is 1. The highest BCUT2D eigenvalue weighted by Crippen LogP contribution is 2.30. The normalized spacial score (nSPS) is 23.6. The summed E-state index contributed by atoms with van der Waals surface area (Å²) in [5.41, 5.74) is 7.78. The van der Waals surface area contributed by atoms with E-state index in [1.54, 1.807) is 4.90 Å². The van der Waals surface area contributed by atoms with Crippen molar-refractivity contribution in [1.29, 1.82) is 0 Å². The Morgan fingerprint density at radius 1 is 1.30 bits per heavy atom. The molecule has 6 nitrogen and oxygen atoms in total. The first-order chi connectivity index (χ1) is 10.8. The molecule has 3 rings (SSSR count). The van der Waals surface area contributed by atoms with E-state index < -0.39 is 15.6 Å². The van der Waals surface area contributed by atoms with Gasteiger partial charge < -0.3 is 10.6 Å². The van der Waals surface area contributed by atoms with Crippen LogP contribution in [-0.2, 0) is 27.7 Å². The number of fused-ring (bicyclic) bond motifs is 1. The predicted octanol–water partition coefficient (Wildman–Crippen LogP) is 0.0229. The molecule has 1 atom stereocenters. The van der Waals surface area contributed by atoms with Crippen molar-refractivity contribution in [2.75, 3.05) is 19.3 Å². The van der Waals surface area contributed by atoms with Crippen LogP contribution in [0.15, 0.2) is 24.3 Å². The number of nitrogens with zero attached hydrogens (tertiary/aromatic N) is 1. The first-order valence-electron chi connectivity index (χ1n) is 7.89. The molecule has 0 spiro atoms. The number of hydrogen-bond acceptors (Lipinski definition) is 4. The molecule has 3 N–H and O–H groups in total. The predicted molar refractivity (Wildman–Crippen MR) is 88.3 cm³/mol. The minimum Gasteiger partial charge on any atom is -0.339 e. The number of piperidine rings is 1. The standard InChI is InChI=1S/C16H23N3O3S/c1-23(21,22)18-14-7-4-8-19(11-14)15(20)16(17)9-12-5-2-3-6-13(12)10-16/h2-3,5-6,14,18H,4,7-11,17H2,1H3/t14-/m1/s1. The van der Waals surface area contributed by atoms with Crippen molar-refractivity contribution in [3.8, 4) is 0 Å². The molecule has 1 amide bonds. The van der Waals surface area contributed by atoms with E-state index in [0.29, 0.717) is 25.9 Å². The molecule has 0 radical (unpaired) electrons. The summed E-state index contributed by atoms with van der Waals surface area (Å²) in [6.45, 7) is 1.03. The van der Waals surface area contributed by atoms with Gasteiger partial charge in [-0.3, -0.25) is 4.79 Å². The van der Waals surface area contributed by atoms with Crippen LogP contribution in [0.3, 0.4) is 0 Å². The Kier molecular flexibility index (Phi) is 4.20. The van der Waals surface area contributed by atoms with Gasteiger partial charge >= 0.3 is 0 Å². The van der Waals surface area contributed by atoms with Crippen molar-refractivity contribution in [2.24, 2.45) is 5.73 Å². The number of nitrogens with two attached hydrogens (primary N) is 1. The van der Waals surface area contributed by atoms with Crippen molar-refractivity contribution in [3.05, 3.63) is 35.4 Å². The fourth-order valence-corrected chi connectivity index (χ4v) is 4.47. The van der Waals surface area contributed by atoms with Crippen LogP contribution >= 0.6 is 0 Å². The summed E-state index contributed by atoms with van der Waals surface area (Å²) in [4.78, 5) is 14.6. The lowest BCUT2D eigenvalue weighted by atomic mass is 9.93. The monoisotopic (exact) mass is 337 g/mol. The number of amides is 1. The second kappa shape index (κ2) is 5.89. The fraction of sp³-hybridized carbons (Fsp3) is 0.562. The number of rotatable bonds is 3. The topological polar surface area (TPSA) is 92.5 Å². The average Bonchev–Trinajstić information content (AvgIpc) is 2.82. The van der Waals surface area contributed by atoms with Gasteiger partial charge in [0.05, 0.1) is 6.26 Å². The van der Waals surface area contributed by atoms with E-state index in [-0.39, 0.29) is 11.9 Å². The number of nitrogens with one attached hydrogen (secondary N) is 1. The SMILES string of the molecule is CS(=O)(=O)N[C@@H]1CCCN(C(=O)C2(N)Cc3ccccc3C2)C1. The first kappa shape index (κ1) is 16.4. The Hall–Kier alpha value is -1.44. The van der Waals surface area contributed by atoms with Gasteiger partial charge in [0.15, 0.2) is 0 Å². The zero-order valence-corrected chi connectivity index (χ0v) is 14.1. The molecule has 0 bridgehead atoms. The van der Waals surface area contributed by atoms with Crippen molar-refractivity contribution in [1.82, 2.24) is 9.62 Å².